The molecule has 1 N–H and O–H groups in total. The quantitative estimate of drug-likeness (QED) is 0.240. The molecule has 0 spiro atoms. The van der Waals surface area contributed by atoms with Crippen molar-refractivity contribution in [1.29, 1.82) is 0 Å². The van der Waals surface area contributed by atoms with Crippen molar-refractivity contribution in [2.24, 2.45) is 0 Å². The largest absolute Gasteiger partial charge is 0.493 e. The van der Waals surface area contributed by atoms with Crippen molar-refractivity contribution in [1.82, 2.24) is 10.2 Å². The maximum atomic E-state index is 14.0. The Morgan fingerprint density at radius 1 is 1.05 bits per heavy atom. The van der Waals surface area contributed by atoms with Crippen LogP contribution >= 0.6 is 11.8 Å². The van der Waals surface area contributed by atoms with Gasteiger partial charge in [0.25, 0.3) is 5.91 Å². The fourth-order valence-corrected chi connectivity index (χ4v) is 5.84. The molecule has 0 saturated heterocycles. The van der Waals surface area contributed by atoms with E-state index in [0.717, 1.165) is 30.0 Å². The summed E-state index contributed by atoms with van der Waals surface area (Å²) in [6.07, 6.45) is 2.82. The maximum Gasteiger partial charge on any atom is 0.254 e. The minimum absolute atomic E-state index is 0.120. The monoisotopic (exact) mass is 561 g/mol. The van der Waals surface area contributed by atoms with Crippen LogP contribution in [0.2, 0.25) is 0 Å². The lowest BCUT2D eigenvalue weighted by Gasteiger charge is -2.40. The van der Waals surface area contributed by atoms with Crippen LogP contribution in [0.1, 0.15) is 52.4 Å². The zero-order chi connectivity index (χ0) is 28.8. The minimum atomic E-state index is -0.614. The van der Waals surface area contributed by atoms with Gasteiger partial charge in [-0.25, -0.2) is 0 Å². The highest BCUT2D eigenvalue weighted by Gasteiger charge is 2.43. The Balaban J connectivity index is 1.61. The number of anilines is 1. The lowest BCUT2D eigenvalue weighted by molar-refractivity contribution is -0.124. The number of carbonyl (C=O) groups excluding carboxylic acids is 2. The molecule has 8 heteroatoms. The van der Waals surface area contributed by atoms with E-state index in [1.807, 2.05) is 30.5 Å². The van der Waals surface area contributed by atoms with Gasteiger partial charge in [0.05, 0.1) is 26.2 Å². The van der Waals surface area contributed by atoms with E-state index in [0.29, 0.717) is 29.2 Å². The van der Waals surface area contributed by atoms with Crippen molar-refractivity contribution in [2.75, 3.05) is 52.1 Å². The summed E-state index contributed by atoms with van der Waals surface area (Å²) in [5.41, 5.74) is 4.42. The SMILES string of the molecule is CCN(CCCNC(=O)C1c2cc(OC)c(OC)cc2C(=O)N(C)C1c1ccc(SC)cc1)c1cccc(C)c1. The first-order valence-corrected chi connectivity index (χ1v) is 14.8. The van der Waals surface area contributed by atoms with Gasteiger partial charge in [0, 0.05) is 42.8 Å². The van der Waals surface area contributed by atoms with E-state index in [1.54, 1.807) is 43.0 Å². The highest BCUT2D eigenvalue weighted by Crippen LogP contribution is 2.45. The van der Waals surface area contributed by atoms with Gasteiger partial charge >= 0.3 is 0 Å². The topological polar surface area (TPSA) is 71.1 Å². The average Bonchev–Trinajstić information content (AvgIpc) is 2.98. The molecule has 2 amide bonds. The van der Waals surface area contributed by atoms with Gasteiger partial charge < -0.3 is 24.6 Å². The van der Waals surface area contributed by atoms with Crippen LogP contribution in [0.25, 0.3) is 0 Å². The summed E-state index contributed by atoms with van der Waals surface area (Å²) in [6.45, 7) is 6.47. The van der Waals surface area contributed by atoms with Gasteiger partial charge in [-0.15, -0.1) is 11.8 Å². The van der Waals surface area contributed by atoms with Crippen LogP contribution in [-0.2, 0) is 4.79 Å². The van der Waals surface area contributed by atoms with Crippen molar-refractivity contribution < 1.29 is 19.1 Å². The standard InChI is InChI=1S/C32H39N3O4S/c1-7-35(23-11-8-10-21(2)18-23)17-9-16-33-31(36)29-25-19-27(38-4)28(39-5)20-26(25)32(37)34(3)30(29)22-12-14-24(40-6)15-13-22/h8,10-15,18-20,29-30H,7,9,16-17H2,1-6H3,(H,33,36). The summed E-state index contributed by atoms with van der Waals surface area (Å²) < 4.78 is 11.0. The normalized spacial score (nSPS) is 16.4. The van der Waals surface area contributed by atoms with Gasteiger partial charge in [0.1, 0.15) is 0 Å². The lowest BCUT2D eigenvalue weighted by Crippen LogP contribution is -2.46. The Hall–Kier alpha value is -3.65. The van der Waals surface area contributed by atoms with Crippen molar-refractivity contribution in [3.63, 3.8) is 0 Å². The van der Waals surface area contributed by atoms with Crippen LogP contribution in [0.15, 0.2) is 65.6 Å². The summed E-state index contributed by atoms with van der Waals surface area (Å²) >= 11 is 1.65. The Bertz CT molecular complexity index is 1340. The van der Waals surface area contributed by atoms with Crippen molar-refractivity contribution in [3.05, 3.63) is 82.9 Å². The van der Waals surface area contributed by atoms with Crippen LogP contribution in [-0.4, -0.2) is 63.9 Å². The molecule has 0 aliphatic carbocycles. The number of likely N-dealkylation sites (N-methyl/N-ethyl adjacent to an activating group) is 1. The third kappa shape index (κ3) is 6.07. The molecule has 4 rings (SSSR count). The summed E-state index contributed by atoms with van der Waals surface area (Å²) in [5, 5.41) is 3.18. The molecule has 3 aromatic rings. The number of ether oxygens (including phenoxy) is 2. The number of rotatable bonds is 11. The fraction of sp³-hybridized carbons (Fsp3) is 0.375. The summed E-state index contributed by atoms with van der Waals surface area (Å²) in [7, 11) is 4.86. The number of nitrogens with zero attached hydrogens (tertiary/aromatic N) is 2. The second-order valence-corrected chi connectivity index (χ2v) is 10.8. The van der Waals surface area contributed by atoms with E-state index in [-0.39, 0.29) is 11.8 Å². The van der Waals surface area contributed by atoms with Gasteiger partial charge in [0.2, 0.25) is 5.91 Å². The van der Waals surface area contributed by atoms with Gasteiger partial charge in [0.15, 0.2) is 11.5 Å². The van der Waals surface area contributed by atoms with Gasteiger partial charge in [-0.05, 0) is 79.6 Å². The Morgan fingerprint density at radius 2 is 1.75 bits per heavy atom. The smallest absolute Gasteiger partial charge is 0.254 e. The van der Waals surface area contributed by atoms with E-state index >= 15 is 0 Å². The molecule has 1 aliphatic heterocycles. The Morgan fingerprint density at radius 3 is 2.38 bits per heavy atom. The van der Waals surface area contributed by atoms with E-state index < -0.39 is 12.0 Å². The number of nitrogens with one attached hydrogen (secondary N) is 1. The third-order valence-electron chi connectivity index (χ3n) is 7.57. The molecule has 0 aromatic heterocycles. The molecule has 0 bridgehead atoms. The fourth-order valence-electron chi connectivity index (χ4n) is 5.43. The zero-order valence-corrected chi connectivity index (χ0v) is 25.0. The molecule has 0 saturated carbocycles. The van der Waals surface area contributed by atoms with Gasteiger partial charge in [-0.2, -0.15) is 0 Å². The predicted octanol–water partition coefficient (Wildman–Crippen LogP) is 5.68. The molecule has 212 valence electrons. The molecule has 0 fully saturated rings. The van der Waals surface area contributed by atoms with Crippen LogP contribution in [0.3, 0.4) is 0 Å². The van der Waals surface area contributed by atoms with E-state index in [2.05, 4.69) is 48.3 Å². The molecule has 3 aromatic carbocycles. The number of amides is 2. The number of methoxy groups -OCH3 is 2. The molecular formula is C32H39N3O4S. The highest BCUT2D eigenvalue weighted by molar-refractivity contribution is 7.98. The number of aryl methyl sites for hydroxylation is 1. The maximum absolute atomic E-state index is 14.0. The van der Waals surface area contributed by atoms with Crippen molar-refractivity contribution >= 4 is 29.3 Å². The first kappa shape index (κ1) is 29.3. The Labute approximate surface area is 241 Å². The van der Waals surface area contributed by atoms with Crippen LogP contribution < -0.4 is 19.7 Å². The van der Waals surface area contributed by atoms with Crippen molar-refractivity contribution in [2.45, 2.75) is 37.1 Å². The first-order chi connectivity index (χ1) is 19.3. The van der Waals surface area contributed by atoms with E-state index in [4.69, 9.17) is 9.47 Å². The Kier molecular flexibility index (Phi) is 9.63. The number of fused-ring (bicyclic) bond motifs is 1. The number of carbonyl (C=O) groups is 2. The number of hydrogen-bond acceptors (Lipinski definition) is 6. The second kappa shape index (κ2) is 13.1. The van der Waals surface area contributed by atoms with Crippen LogP contribution in [0.5, 0.6) is 11.5 Å². The van der Waals surface area contributed by atoms with Crippen LogP contribution in [0, 0.1) is 6.92 Å². The summed E-state index contributed by atoms with van der Waals surface area (Å²) in [5.74, 6) is 0.0584. The molecule has 40 heavy (non-hydrogen) atoms. The zero-order valence-electron chi connectivity index (χ0n) is 24.2. The molecule has 7 nitrogen and oxygen atoms in total. The molecular weight excluding hydrogens is 522 g/mol. The minimum Gasteiger partial charge on any atom is -0.493 e. The van der Waals surface area contributed by atoms with Crippen LogP contribution in [0.4, 0.5) is 5.69 Å². The van der Waals surface area contributed by atoms with E-state index in [9.17, 15) is 9.59 Å². The molecule has 1 heterocycles. The lowest BCUT2D eigenvalue weighted by atomic mass is 9.79. The summed E-state index contributed by atoms with van der Waals surface area (Å²) in [6, 6.07) is 19.5. The van der Waals surface area contributed by atoms with Gasteiger partial charge in [-0.3, -0.25) is 9.59 Å². The average molecular weight is 562 g/mol. The molecule has 1 aliphatic rings. The molecule has 2 unspecified atom stereocenters. The molecule has 0 radical (unpaired) electrons. The third-order valence-corrected chi connectivity index (χ3v) is 8.31. The number of hydrogen-bond donors (Lipinski definition) is 1. The molecule has 2 atom stereocenters. The predicted molar refractivity (Wildman–Crippen MR) is 162 cm³/mol. The second-order valence-electron chi connectivity index (χ2n) is 9.97. The highest BCUT2D eigenvalue weighted by atomic mass is 32.2. The van der Waals surface area contributed by atoms with Crippen molar-refractivity contribution in [3.8, 4) is 11.5 Å². The van der Waals surface area contributed by atoms with E-state index in [1.165, 1.54) is 18.4 Å². The first-order valence-electron chi connectivity index (χ1n) is 13.6. The number of benzene rings is 3. The number of thioether (sulfide) groups is 1. The van der Waals surface area contributed by atoms with Gasteiger partial charge in [-0.1, -0.05) is 24.3 Å². The summed E-state index contributed by atoms with van der Waals surface area (Å²) in [4.78, 5) is 32.6.